The van der Waals surface area contributed by atoms with Crippen molar-refractivity contribution >= 4 is 24.1 Å². The highest BCUT2D eigenvalue weighted by Crippen LogP contribution is 2.25. The second-order valence-electron chi connectivity index (χ2n) is 6.92. The van der Waals surface area contributed by atoms with Crippen LogP contribution in [0.15, 0.2) is 4.99 Å². The fraction of sp³-hybridized carbons (Fsp3) is 0.765. The molecule has 0 bridgehead atoms. The van der Waals surface area contributed by atoms with Crippen LogP contribution in [0, 0.1) is 5.92 Å². The first-order valence-corrected chi connectivity index (χ1v) is 9.28. The lowest BCUT2D eigenvalue weighted by Gasteiger charge is -2.36. The highest BCUT2D eigenvalue weighted by Gasteiger charge is 2.42. The molecule has 3 rings (SSSR count). The van der Waals surface area contributed by atoms with E-state index in [0.717, 1.165) is 64.8 Å². The zero-order chi connectivity index (χ0) is 17.6. The van der Waals surface area contributed by atoms with E-state index >= 15 is 0 Å². The number of imide groups is 2. The van der Waals surface area contributed by atoms with Crippen molar-refractivity contribution in [2.75, 3.05) is 39.3 Å². The van der Waals surface area contributed by atoms with Gasteiger partial charge in [0.1, 0.15) is 0 Å². The number of nitrogens with zero attached hydrogens (tertiary/aromatic N) is 3. The van der Waals surface area contributed by atoms with Gasteiger partial charge in [-0.25, -0.2) is 4.79 Å². The molecule has 8 heteroatoms. The smallest absolute Gasteiger partial charge is 0.314 e. The average Bonchev–Trinajstić information content (AvgIpc) is 2.62. The molecule has 0 aromatic heterocycles. The third-order valence-electron chi connectivity index (χ3n) is 5.18. The lowest BCUT2D eigenvalue weighted by Crippen LogP contribution is -2.61. The first-order chi connectivity index (χ1) is 12.2. The predicted octanol–water partition coefficient (Wildman–Crippen LogP) is -0.0103. The normalized spacial score (nSPS) is 27.1. The summed E-state index contributed by atoms with van der Waals surface area (Å²) in [5.74, 6) is -1.97. The van der Waals surface area contributed by atoms with Crippen LogP contribution in [0.1, 0.15) is 32.1 Å². The molecule has 8 nitrogen and oxygen atoms in total. The Balaban J connectivity index is 1.57. The van der Waals surface area contributed by atoms with Gasteiger partial charge in [-0.2, -0.15) is 0 Å². The number of nitrogens with one attached hydrogen (secondary N) is 2. The standard InChI is InChI=1S/C17H27N5O3/c23-15-14(12-19-8-11-21-9-6-18-7-10-21)16(24)22(17(25)20-15)13-4-2-1-3-5-13/h12-14,18H,1-11H2,(H,20,23,25)/t14-/m1/s1. The fourth-order valence-electron chi connectivity index (χ4n) is 3.74. The van der Waals surface area contributed by atoms with Crippen LogP contribution in [0.2, 0.25) is 0 Å². The molecule has 4 amide bonds. The van der Waals surface area contributed by atoms with Gasteiger partial charge < -0.3 is 5.32 Å². The molecule has 1 aliphatic carbocycles. The van der Waals surface area contributed by atoms with E-state index in [1.54, 1.807) is 0 Å². The molecule has 0 radical (unpaired) electrons. The summed E-state index contributed by atoms with van der Waals surface area (Å²) in [7, 11) is 0. The molecule has 3 aliphatic rings. The summed E-state index contributed by atoms with van der Waals surface area (Å²) in [6.07, 6.45) is 6.22. The van der Waals surface area contributed by atoms with Crippen LogP contribution in [0.4, 0.5) is 4.79 Å². The zero-order valence-electron chi connectivity index (χ0n) is 14.6. The van der Waals surface area contributed by atoms with Gasteiger partial charge in [0, 0.05) is 45.0 Å². The van der Waals surface area contributed by atoms with Crippen molar-refractivity contribution in [2.45, 2.75) is 38.1 Å². The molecule has 2 aliphatic heterocycles. The number of carbonyl (C=O) groups is 3. The van der Waals surface area contributed by atoms with E-state index in [2.05, 4.69) is 20.5 Å². The van der Waals surface area contributed by atoms with Crippen molar-refractivity contribution in [1.29, 1.82) is 0 Å². The third-order valence-corrected chi connectivity index (χ3v) is 5.18. The van der Waals surface area contributed by atoms with E-state index in [0.29, 0.717) is 6.54 Å². The minimum Gasteiger partial charge on any atom is -0.314 e. The number of aliphatic imine (C=N–C) groups is 1. The quantitative estimate of drug-likeness (QED) is 0.538. The van der Waals surface area contributed by atoms with E-state index < -0.39 is 23.8 Å². The maximum absolute atomic E-state index is 12.7. The molecule has 0 aromatic rings. The Labute approximate surface area is 148 Å². The van der Waals surface area contributed by atoms with Gasteiger partial charge in [0.15, 0.2) is 5.92 Å². The van der Waals surface area contributed by atoms with Crippen molar-refractivity contribution in [3.63, 3.8) is 0 Å². The Bertz CT molecular complexity index is 538. The Hall–Kier alpha value is -1.80. The molecule has 3 fully saturated rings. The highest BCUT2D eigenvalue weighted by molar-refractivity contribution is 6.23. The van der Waals surface area contributed by atoms with Gasteiger partial charge in [-0.1, -0.05) is 19.3 Å². The van der Waals surface area contributed by atoms with Crippen molar-refractivity contribution < 1.29 is 14.4 Å². The lowest BCUT2D eigenvalue weighted by atomic mass is 9.92. The summed E-state index contributed by atoms with van der Waals surface area (Å²) in [6.45, 7) is 5.29. The monoisotopic (exact) mass is 349 g/mol. The number of rotatable bonds is 5. The molecule has 2 saturated heterocycles. The number of barbiturate groups is 1. The largest absolute Gasteiger partial charge is 0.331 e. The van der Waals surface area contributed by atoms with Crippen molar-refractivity contribution in [3.05, 3.63) is 0 Å². The molecule has 2 heterocycles. The summed E-state index contributed by atoms with van der Waals surface area (Å²) >= 11 is 0. The SMILES string of the molecule is O=C1NC(=O)N(C2CCCCC2)C(=O)[C@@H]1C=NCCN1CCNCC1. The minimum atomic E-state index is -0.984. The van der Waals surface area contributed by atoms with E-state index in [-0.39, 0.29) is 6.04 Å². The van der Waals surface area contributed by atoms with Gasteiger partial charge >= 0.3 is 6.03 Å². The van der Waals surface area contributed by atoms with Crippen LogP contribution in [0.5, 0.6) is 0 Å². The van der Waals surface area contributed by atoms with E-state index in [9.17, 15) is 14.4 Å². The van der Waals surface area contributed by atoms with Gasteiger partial charge in [0.05, 0.1) is 6.54 Å². The summed E-state index contributed by atoms with van der Waals surface area (Å²) in [4.78, 5) is 44.7. The van der Waals surface area contributed by atoms with Crippen LogP contribution in [-0.2, 0) is 9.59 Å². The molecule has 0 unspecified atom stereocenters. The van der Waals surface area contributed by atoms with Gasteiger partial charge in [0.25, 0.3) is 0 Å². The summed E-state index contributed by atoms with van der Waals surface area (Å²) in [5, 5.41) is 5.61. The molecular weight excluding hydrogens is 322 g/mol. The van der Waals surface area contributed by atoms with Crippen LogP contribution in [0.25, 0.3) is 0 Å². The Kier molecular flexibility index (Phi) is 6.14. The molecule has 0 spiro atoms. The first-order valence-electron chi connectivity index (χ1n) is 9.28. The average molecular weight is 349 g/mol. The maximum Gasteiger partial charge on any atom is 0.331 e. The number of piperazine rings is 1. The number of urea groups is 1. The Morgan fingerprint density at radius 3 is 2.52 bits per heavy atom. The Morgan fingerprint density at radius 1 is 1.08 bits per heavy atom. The van der Waals surface area contributed by atoms with E-state index in [1.807, 2.05) is 0 Å². The van der Waals surface area contributed by atoms with Crippen molar-refractivity contribution in [1.82, 2.24) is 20.4 Å². The van der Waals surface area contributed by atoms with Gasteiger partial charge in [-0.15, -0.1) is 0 Å². The Morgan fingerprint density at radius 2 is 1.80 bits per heavy atom. The zero-order valence-corrected chi connectivity index (χ0v) is 14.6. The molecule has 1 saturated carbocycles. The van der Waals surface area contributed by atoms with Crippen LogP contribution in [-0.4, -0.2) is 79.2 Å². The van der Waals surface area contributed by atoms with Gasteiger partial charge in [0.2, 0.25) is 11.8 Å². The van der Waals surface area contributed by atoms with Crippen LogP contribution in [0.3, 0.4) is 0 Å². The van der Waals surface area contributed by atoms with Crippen molar-refractivity contribution in [2.24, 2.45) is 10.9 Å². The molecule has 2 N–H and O–H groups in total. The minimum absolute atomic E-state index is 0.0916. The van der Waals surface area contributed by atoms with E-state index in [1.165, 1.54) is 11.1 Å². The number of amides is 4. The second-order valence-corrected chi connectivity index (χ2v) is 6.92. The maximum atomic E-state index is 12.7. The van der Waals surface area contributed by atoms with Crippen LogP contribution >= 0.6 is 0 Å². The fourth-order valence-corrected chi connectivity index (χ4v) is 3.74. The lowest BCUT2D eigenvalue weighted by molar-refractivity contribution is -0.141. The van der Waals surface area contributed by atoms with E-state index in [4.69, 9.17) is 0 Å². The number of carbonyl (C=O) groups excluding carboxylic acids is 3. The van der Waals surface area contributed by atoms with Gasteiger partial charge in [-0.3, -0.25) is 29.7 Å². The molecule has 25 heavy (non-hydrogen) atoms. The number of hydrogen-bond donors (Lipinski definition) is 2. The molecule has 0 aromatic carbocycles. The second kappa shape index (κ2) is 8.53. The summed E-state index contributed by atoms with van der Waals surface area (Å²) in [5.41, 5.74) is 0. The predicted molar refractivity (Wildman–Crippen MR) is 93.4 cm³/mol. The summed E-state index contributed by atoms with van der Waals surface area (Å²) in [6, 6.07) is -0.668. The van der Waals surface area contributed by atoms with Gasteiger partial charge in [-0.05, 0) is 12.8 Å². The highest BCUT2D eigenvalue weighted by atomic mass is 16.2. The third kappa shape index (κ3) is 4.43. The van der Waals surface area contributed by atoms with Crippen molar-refractivity contribution in [3.8, 4) is 0 Å². The molecule has 1 atom stereocenters. The van der Waals surface area contributed by atoms with Crippen LogP contribution < -0.4 is 10.6 Å². The molecular formula is C17H27N5O3. The topological polar surface area (TPSA) is 94.1 Å². The first kappa shape index (κ1) is 18.0. The molecule has 138 valence electrons. The summed E-state index contributed by atoms with van der Waals surface area (Å²) < 4.78 is 0. The number of hydrogen-bond acceptors (Lipinski definition) is 6.